The molecular formula is C16H16ClNO. The minimum atomic E-state index is 0.136. The summed E-state index contributed by atoms with van der Waals surface area (Å²) in [5.74, 6) is 0.136. The predicted octanol–water partition coefficient (Wildman–Crippen LogP) is 3.65. The Morgan fingerprint density at radius 3 is 2.32 bits per heavy atom. The van der Waals surface area contributed by atoms with Crippen molar-refractivity contribution in [1.82, 2.24) is 4.90 Å². The van der Waals surface area contributed by atoms with Crippen LogP contribution in [-0.4, -0.2) is 24.3 Å². The number of hydrogen-bond acceptors (Lipinski definition) is 2. The summed E-state index contributed by atoms with van der Waals surface area (Å²) >= 11 is 5.84. The maximum absolute atomic E-state index is 12.0. The summed E-state index contributed by atoms with van der Waals surface area (Å²) in [5.41, 5.74) is 1.90. The fourth-order valence-electron chi connectivity index (χ4n) is 1.92. The van der Waals surface area contributed by atoms with E-state index in [-0.39, 0.29) is 5.78 Å². The number of carbonyl (C=O) groups excluding carboxylic acids is 1. The Labute approximate surface area is 118 Å². The van der Waals surface area contributed by atoms with Gasteiger partial charge in [-0.2, -0.15) is 0 Å². The van der Waals surface area contributed by atoms with E-state index in [4.69, 9.17) is 11.6 Å². The van der Waals surface area contributed by atoms with Crippen molar-refractivity contribution in [2.75, 3.05) is 13.6 Å². The number of carbonyl (C=O) groups is 1. The number of benzene rings is 2. The Kier molecular flexibility index (Phi) is 4.72. The van der Waals surface area contributed by atoms with Crippen molar-refractivity contribution in [2.45, 2.75) is 6.54 Å². The van der Waals surface area contributed by atoms with E-state index in [1.807, 2.05) is 66.5 Å². The summed E-state index contributed by atoms with van der Waals surface area (Å²) in [7, 11) is 1.94. The predicted molar refractivity (Wildman–Crippen MR) is 78.6 cm³/mol. The molecule has 0 aromatic heterocycles. The summed E-state index contributed by atoms with van der Waals surface area (Å²) in [6, 6.07) is 17.1. The van der Waals surface area contributed by atoms with E-state index in [2.05, 4.69) is 0 Å². The Bertz CT molecular complexity index is 536. The van der Waals surface area contributed by atoms with Crippen LogP contribution in [0.1, 0.15) is 15.9 Å². The average molecular weight is 274 g/mol. The standard InChI is InChI=1S/C16H16ClNO/c1-18(11-13-7-9-15(17)10-8-13)12-16(19)14-5-3-2-4-6-14/h2-10H,11-12H2,1H3. The number of halogens is 1. The Morgan fingerprint density at radius 2 is 1.68 bits per heavy atom. The number of nitrogens with zero attached hydrogens (tertiary/aromatic N) is 1. The molecule has 2 rings (SSSR count). The maximum atomic E-state index is 12.0. The second-order valence-electron chi connectivity index (χ2n) is 4.59. The van der Waals surface area contributed by atoms with Crippen LogP contribution in [0.5, 0.6) is 0 Å². The molecule has 98 valence electrons. The van der Waals surface area contributed by atoms with Crippen molar-refractivity contribution in [3.63, 3.8) is 0 Å². The molecule has 2 nitrogen and oxygen atoms in total. The van der Waals surface area contributed by atoms with Crippen LogP contribution in [-0.2, 0) is 6.54 Å². The lowest BCUT2D eigenvalue weighted by Crippen LogP contribution is -2.25. The van der Waals surface area contributed by atoms with E-state index in [0.29, 0.717) is 6.54 Å². The highest BCUT2D eigenvalue weighted by molar-refractivity contribution is 6.30. The molecule has 0 saturated carbocycles. The molecule has 0 unspecified atom stereocenters. The van der Waals surface area contributed by atoms with E-state index in [1.165, 1.54) is 0 Å². The van der Waals surface area contributed by atoms with Gasteiger partial charge in [0, 0.05) is 17.1 Å². The lowest BCUT2D eigenvalue weighted by Gasteiger charge is -2.15. The zero-order valence-corrected chi connectivity index (χ0v) is 11.6. The molecule has 0 atom stereocenters. The van der Waals surface area contributed by atoms with Gasteiger partial charge < -0.3 is 0 Å². The summed E-state index contributed by atoms with van der Waals surface area (Å²) in [6.45, 7) is 1.14. The smallest absolute Gasteiger partial charge is 0.176 e. The van der Waals surface area contributed by atoms with Gasteiger partial charge in [-0.15, -0.1) is 0 Å². The van der Waals surface area contributed by atoms with E-state index < -0.39 is 0 Å². The molecule has 0 fully saturated rings. The molecule has 0 saturated heterocycles. The molecule has 2 aromatic carbocycles. The first-order valence-corrected chi connectivity index (χ1v) is 6.54. The third-order valence-electron chi connectivity index (χ3n) is 2.88. The zero-order valence-electron chi connectivity index (χ0n) is 10.8. The number of likely N-dealkylation sites (N-methyl/N-ethyl adjacent to an activating group) is 1. The molecule has 3 heteroatoms. The molecule has 0 N–H and O–H groups in total. The van der Waals surface area contributed by atoms with Crippen LogP contribution < -0.4 is 0 Å². The fraction of sp³-hybridized carbons (Fsp3) is 0.188. The lowest BCUT2D eigenvalue weighted by atomic mass is 10.1. The lowest BCUT2D eigenvalue weighted by molar-refractivity contribution is 0.0943. The Morgan fingerprint density at radius 1 is 1.05 bits per heavy atom. The first-order chi connectivity index (χ1) is 9.15. The Balaban J connectivity index is 1.92. The topological polar surface area (TPSA) is 20.3 Å². The van der Waals surface area contributed by atoms with Gasteiger partial charge in [0.05, 0.1) is 6.54 Å². The molecule has 0 heterocycles. The molecule has 0 aliphatic rings. The van der Waals surface area contributed by atoms with E-state index in [0.717, 1.165) is 22.7 Å². The summed E-state index contributed by atoms with van der Waals surface area (Å²) in [4.78, 5) is 14.0. The average Bonchev–Trinajstić information content (AvgIpc) is 2.42. The van der Waals surface area contributed by atoms with Gasteiger partial charge in [-0.25, -0.2) is 0 Å². The molecule has 0 amide bonds. The van der Waals surface area contributed by atoms with Crippen LogP contribution in [0.3, 0.4) is 0 Å². The highest BCUT2D eigenvalue weighted by atomic mass is 35.5. The highest BCUT2D eigenvalue weighted by Crippen LogP contribution is 2.11. The van der Waals surface area contributed by atoms with Crippen LogP contribution in [0.15, 0.2) is 54.6 Å². The molecular weight excluding hydrogens is 258 g/mol. The van der Waals surface area contributed by atoms with Crippen molar-refractivity contribution in [1.29, 1.82) is 0 Å². The monoisotopic (exact) mass is 273 g/mol. The Hall–Kier alpha value is -1.64. The third-order valence-corrected chi connectivity index (χ3v) is 3.13. The summed E-state index contributed by atoms with van der Waals surface area (Å²) in [5, 5.41) is 0.728. The number of Topliss-reactive ketones (excluding diaryl/α,β-unsaturated/α-hetero) is 1. The van der Waals surface area contributed by atoms with Crippen LogP contribution >= 0.6 is 11.6 Å². The minimum absolute atomic E-state index is 0.136. The molecule has 2 aromatic rings. The first-order valence-electron chi connectivity index (χ1n) is 6.16. The molecule has 0 aliphatic heterocycles. The van der Waals surface area contributed by atoms with Crippen LogP contribution in [0.25, 0.3) is 0 Å². The van der Waals surface area contributed by atoms with Gasteiger partial charge in [0.15, 0.2) is 5.78 Å². The summed E-state index contributed by atoms with van der Waals surface area (Å²) < 4.78 is 0. The molecule has 0 radical (unpaired) electrons. The van der Waals surface area contributed by atoms with Gasteiger partial charge in [-0.1, -0.05) is 54.1 Å². The second kappa shape index (κ2) is 6.50. The van der Waals surface area contributed by atoms with Gasteiger partial charge in [-0.05, 0) is 24.7 Å². The van der Waals surface area contributed by atoms with Crippen LogP contribution in [0.4, 0.5) is 0 Å². The SMILES string of the molecule is CN(CC(=O)c1ccccc1)Cc1ccc(Cl)cc1. The van der Waals surface area contributed by atoms with Crippen molar-refractivity contribution in [2.24, 2.45) is 0 Å². The molecule has 0 aliphatic carbocycles. The van der Waals surface area contributed by atoms with Gasteiger partial charge in [-0.3, -0.25) is 9.69 Å². The third kappa shape index (κ3) is 4.19. The van der Waals surface area contributed by atoms with Gasteiger partial charge in [0.2, 0.25) is 0 Å². The van der Waals surface area contributed by atoms with Crippen molar-refractivity contribution >= 4 is 17.4 Å². The van der Waals surface area contributed by atoms with Gasteiger partial charge in [0.25, 0.3) is 0 Å². The van der Waals surface area contributed by atoms with E-state index >= 15 is 0 Å². The van der Waals surface area contributed by atoms with E-state index in [9.17, 15) is 4.79 Å². The maximum Gasteiger partial charge on any atom is 0.176 e. The second-order valence-corrected chi connectivity index (χ2v) is 5.02. The largest absolute Gasteiger partial charge is 0.295 e. The van der Waals surface area contributed by atoms with Gasteiger partial charge >= 0.3 is 0 Å². The van der Waals surface area contributed by atoms with Gasteiger partial charge in [0.1, 0.15) is 0 Å². The van der Waals surface area contributed by atoms with Crippen molar-refractivity contribution in [3.05, 3.63) is 70.7 Å². The highest BCUT2D eigenvalue weighted by Gasteiger charge is 2.09. The molecule has 19 heavy (non-hydrogen) atoms. The zero-order chi connectivity index (χ0) is 13.7. The molecule has 0 bridgehead atoms. The van der Waals surface area contributed by atoms with Crippen LogP contribution in [0.2, 0.25) is 5.02 Å². The normalized spacial score (nSPS) is 10.7. The first kappa shape index (κ1) is 13.8. The minimum Gasteiger partial charge on any atom is -0.295 e. The number of hydrogen-bond donors (Lipinski definition) is 0. The number of ketones is 1. The molecule has 0 spiro atoms. The van der Waals surface area contributed by atoms with E-state index in [1.54, 1.807) is 0 Å². The fourth-order valence-corrected chi connectivity index (χ4v) is 2.04. The number of rotatable bonds is 5. The van der Waals surface area contributed by atoms with Crippen molar-refractivity contribution < 1.29 is 4.79 Å². The van der Waals surface area contributed by atoms with Crippen molar-refractivity contribution in [3.8, 4) is 0 Å². The summed E-state index contributed by atoms with van der Waals surface area (Å²) in [6.07, 6.45) is 0. The quantitative estimate of drug-likeness (QED) is 0.775. The van der Waals surface area contributed by atoms with Crippen LogP contribution in [0, 0.1) is 0 Å².